The van der Waals surface area contributed by atoms with E-state index in [-0.39, 0.29) is 41.7 Å². The van der Waals surface area contributed by atoms with Crippen LogP contribution in [0.25, 0.3) is 5.69 Å². The maximum absolute atomic E-state index is 12.9. The average Bonchev–Trinajstić information content (AvgIpc) is 3.03. The highest BCUT2D eigenvalue weighted by atomic mass is 35.5. The van der Waals surface area contributed by atoms with Crippen LogP contribution in [0.15, 0.2) is 24.3 Å². The Balaban J connectivity index is 0.00000280. The molecule has 2 unspecified atom stereocenters. The van der Waals surface area contributed by atoms with E-state index in [4.69, 9.17) is 5.73 Å². The van der Waals surface area contributed by atoms with E-state index in [0.717, 1.165) is 12.8 Å². The molecule has 3 rings (SSSR count). The maximum Gasteiger partial charge on any atom is 0.387 e. The number of nitrogens with zero attached hydrogens (tertiary/aromatic N) is 4. The van der Waals surface area contributed by atoms with Crippen molar-refractivity contribution in [1.82, 2.24) is 19.9 Å². The first-order chi connectivity index (χ1) is 12.9. The van der Waals surface area contributed by atoms with Crippen LogP contribution in [0.5, 0.6) is 5.75 Å². The van der Waals surface area contributed by atoms with Gasteiger partial charge in [0.25, 0.3) is 5.91 Å². The van der Waals surface area contributed by atoms with E-state index in [1.54, 1.807) is 24.0 Å². The highest BCUT2D eigenvalue weighted by molar-refractivity contribution is 5.93. The highest BCUT2D eigenvalue weighted by Gasteiger charge is 2.29. The third-order valence-corrected chi connectivity index (χ3v) is 4.89. The summed E-state index contributed by atoms with van der Waals surface area (Å²) in [5, 5.41) is 8.10. The Kier molecular flexibility index (Phi) is 7.31. The number of likely N-dealkylation sites (tertiary alicyclic amines) is 1. The Morgan fingerprint density at radius 1 is 1.32 bits per heavy atom. The Labute approximate surface area is 168 Å². The van der Waals surface area contributed by atoms with Gasteiger partial charge in [-0.1, -0.05) is 5.21 Å². The molecule has 1 saturated heterocycles. The van der Waals surface area contributed by atoms with Crippen molar-refractivity contribution < 1.29 is 18.3 Å². The van der Waals surface area contributed by atoms with Gasteiger partial charge in [0.05, 0.1) is 11.4 Å². The van der Waals surface area contributed by atoms with Crippen molar-refractivity contribution in [2.24, 2.45) is 11.7 Å². The first-order valence-corrected chi connectivity index (χ1v) is 8.89. The minimum absolute atomic E-state index is 0. The number of aromatic nitrogens is 3. The molecule has 1 aromatic heterocycles. The lowest BCUT2D eigenvalue weighted by atomic mass is 9.92. The van der Waals surface area contributed by atoms with Gasteiger partial charge in [-0.3, -0.25) is 4.79 Å². The SMILES string of the molecule is Cc1c(C(=O)N2CCCC(C(C)N)C2)nnn1-c1ccc(OC(F)F)cc1.Cl. The zero-order valence-electron chi connectivity index (χ0n) is 15.7. The van der Waals surface area contributed by atoms with Gasteiger partial charge in [0.1, 0.15) is 5.75 Å². The van der Waals surface area contributed by atoms with E-state index in [1.165, 1.54) is 16.8 Å². The van der Waals surface area contributed by atoms with Crippen LogP contribution in [0.4, 0.5) is 8.78 Å². The molecule has 10 heteroatoms. The molecule has 0 radical (unpaired) electrons. The summed E-state index contributed by atoms with van der Waals surface area (Å²) in [5.41, 5.74) is 7.47. The fraction of sp³-hybridized carbons (Fsp3) is 0.500. The number of carbonyl (C=O) groups excluding carboxylic acids is 1. The fourth-order valence-corrected chi connectivity index (χ4v) is 3.31. The molecule has 2 aromatic rings. The van der Waals surface area contributed by atoms with Crippen molar-refractivity contribution in [1.29, 1.82) is 0 Å². The molecule has 2 atom stereocenters. The van der Waals surface area contributed by atoms with Gasteiger partial charge in [0.2, 0.25) is 0 Å². The van der Waals surface area contributed by atoms with Crippen LogP contribution in [-0.2, 0) is 0 Å². The molecule has 28 heavy (non-hydrogen) atoms. The Bertz CT molecular complexity index is 798. The average molecular weight is 416 g/mol. The van der Waals surface area contributed by atoms with Crippen LogP contribution in [0, 0.1) is 12.8 Å². The van der Waals surface area contributed by atoms with Gasteiger partial charge in [-0.25, -0.2) is 4.68 Å². The number of nitrogens with two attached hydrogens (primary N) is 1. The van der Waals surface area contributed by atoms with Gasteiger partial charge in [-0.15, -0.1) is 17.5 Å². The van der Waals surface area contributed by atoms with Crippen LogP contribution in [0.3, 0.4) is 0 Å². The summed E-state index contributed by atoms with van der Waals surface area (Å²) in [6.07, 6.45) is 1.93. The van der Waals surface area contributed by atoms with E-state index in [1.807, 2.05) is 6.92 Å². The summed E-state index contributed by atoms with van der Waals surface area (Å²) >= 11 is 0. The molecule has 2 N–H and O–H groups in total. The normalized spacial score (nSPS) is 17.9. The first-order valence-electron chi connectivity index (χ1n) is 8.89. The van der Waals surface area contributed by atoms with Crippen LogP contribution in [-0.4, -0.2) is 51.5 Å². The summed E-state index contributed by atoms with van der Waals surface area (Å²) in [6, 6.07) is 6.04. The smallest absolute Gasteiger partial charge is 0.387 e. The second-order valence-corrected chi connectivity index (χ2v) is 6.82. The summed E-state index contributed by atoms with van der Waals surface area (Å²) in [4.78, 5) is 14.7. The molecule has 0 spiro atoms. The second kappa shape index (κ2) is 9.29. The van der Waals surface area contributed by atoms with Gasteiger partial charge in [-0.05, 0) is 56.9 Å². The molecule has 1 aromatic carbocycles. The van der Waals surface area contributed by atoms with Gasteiger partial charge in [0.15, 0.2) is 5.69 Å². The minimum Gasteiger partial charge on any atom is -0.435 e. The molecule has 0 saturated carbocycles. The third-order valence-electron chi connectivity index (χ3n) is 4.89. The van der Waals surface area contributed by atoms with Gasteiger partial charge in [0, 0.05) is 19.1 Å². The second-order valence-electron chi connectivity index (χ2n) is 6.82. The van der Waals surface area contributed by atoms with Crippen LogP contribution in [0.2, 0.25) is 0 Å². The fourth-order valence-electron chi connectivity index (χ4n) is 3.31. The summed E-state index contributed by atoms with van der Waals surface area (Å²) < 4.78 is 30.4. The molecule has 7 nitrogen and oxygen atoms in total. The molecule has 1 aliphatic rings. The van der Waals surface area contributed by atoms with Crippen LogP contribution in [0.1, 0.15) is 35.9 Å². The lowest BCUT2D eigenvalue weighted by Crippen LogP contribution is -2.45. The molecule has 1 amide bonds. The number of rotatable bonds is 5. The number of carbonyl (C=O) groups is 1. The Morgan fingerprint density at radius 3 is 2.61 bits per heavy atom. The number of halogens is 3. The number of benzene rings is 1. The molecular formula is C18H24ClF2N5O2. The maximum atomic E-state index is 12.9. The van der Waals surface area contributed by atoms with E-state index in [0.29, 0.717) is 24.5 Å². The van der Waals surface area contributed by atoms with E-state index in [2.05, 4.69) is 15.0 Å². The van der Waals surface area contributed by atoms with Crippen molar-refractivity contribution in [3.05, 3.63) is 35.7 Å². The number of piperidine rings is 1. The van der Waals surface area contributed by atoms with Crippen molar-refractivity contribution in [3.63, 3.8) is 0 Å². The zero-order valence-corrected chi connectivity index (χ0v) is 16.5. The molecule has 0 bridgehead atoms. The topological polar surface area (TPSA) is 86.3 Å². The number of hydrogen-bond acceptors (Lipinski definition) is 5. The Hall–Kier alpha value is -2.26. The standard InChI is InChI=1S/C18H23F2N5O2.ClH/c1-11(21)13-4-3-9-24(10-13)17(26)16-12(2)25(23-22-16)14-5-7-15(8-6-14)27-18(19)20;/h5-8,11,13,18H,3-4,9-10,21H2,1-2H3;1H. The number of alkyl halides is 2. The molecule has 1 aliphatic heterocycles. The van der Waals surface area contributed by atoms with Crippen LogP contribution >= 0.6 is 12.4 Å². The number of amides is 1. The monoisotopic (exact) mass is 415 g/mol. The van der Waals surface area contributed by atoms with Crippen molar-refractivity contribution in [2.75, 3.05) is 13.1 Å². The Morgan fingerprint density at radius 2 is 2.00 bits per heavy atom. The lowest BCUT2D eigenvalue weighted by Gasteiger charge is -2.34. The lowest BCUT2D eigenvalue weighted by molar-refractivity contribution is -0.0498. The summed E-state index contributed by atoms with van der Waals surface area (Å²) in [7, 11) is 0. The highest BCUT2D eigenvalue weighted by Crippen LogP contribution is 2.22. The van der Waals surface area contributed by atoms with E-state index >= 15 is 0 Å². The van der Waals surface area contributed by atoms with Gasteiger partial charge >= 0.3 is 6.61 Å². The largest absolute Gasteiger partial charge is 0.435 e. The van der Waals surface area contributed by atoms with Crippen molar-refractivity contribution in [2.45, 2.75) is 39.3 Å². The quantitative estimate of drug-likeness (QED) is 0.811. The minimum atomic E-state index is -2.88. The van der Waals surface area contributed by atoms with E-state index in [9.17, 15) is 13.6 Å². The van der Waals surface area contributed by atoms with Gasteiger partial charge < -0.3 is 15.4 Å². The predicted octanol–water partition coefficient (Wildman–Crippen LogP) is 2.80. The molecule has 1 fully saturated rings. The summed E-state index contributed by atoms with van der Waals surface area (Å²) in [5.74, 6) is 0.167. The van der Waals surface area contributed by atoms with Crippen molar-refractivity contribution in [3.8, 4) is 11.4 Å². The molecule has 2 heterocycles. The van der Waals surface area contributed by atoms with Crippen LogP contribution < -0.4 is 10.5 Å². The molecule has 154 valence electrons. The number of ether oxygens (including phenoxy) is 1. The molecular weight excluding hydrogens is 392 g/mol. The first kappa shape index (κ1) is 22.0. The third kappa shape index (κ3) is 4.77. The molecule has 0 aliphatic carbocycles. The predicted molar refractivity (Wildman–Crippen MR) is 102 cm³/mol. The zero-order chi connectivity index (χ0) is 19.6. The number of hydrogen-bond donors (Lipinski definition) is 1. The summed E-state index contributed by atoms with van der Waals surface area (Å²) in [6.45, 7) is 2.12. The van der Waals surface area contributed by atoms with Gasteiger partial charge in [-0.2, -0.15) is 8.78 Å². The van der Waals surface area contributed by atoms with Crippen molar-refractivity contribution >= 4 is 18.3 Å². The van der Waals surface area contributed by atoms with E-state index < -0.39 is 6.61 Å².